The summed E-state index contributed by atoms with van der Waals surface area (Å²) in [6, 6.07) is 22.3. The smallest absolute Gasteiger partial charge is 0.114 e. The number of benzene rings is 7. The highest BCUT2D eigenvalue weighted by atomic mass is 15.1. The Hall–Kier alpha value is -5.21. The van der Waals surface area contributed by atoms with Gasteiger partial charge in [-0.25, -0.2) is 4.98 Å². The van der Waals surface area contributed by atoms with Gasteiger partial charge in [0, 0.05) is 18.9 Å². The largest absolute Gasteiger partial charge is 0.296 e. The third-order valence-corrected chi connectivity index (χ3v) is 7.50. The maximum Gasteiger partial charge on any atom is 0.114 e. The fourth-order valence-electron chi connectivity index (χ4n) is 5.80. The van der Waals surface area contributed by atoms with E-state index in [4.69, 9.17) is 12.3 Å². The molecule has 0 saturated heterocycles. The number of hydrogen-bond donors (Lipinski definition) is 0. The summed E-state index contributed by atoms with van der Waals surface area (Å²) in [6.07, 6.45) is -2.90. The summed E-state index contributed by atoms with van der Waals surface area (Å²) >= 11 is 0. The molecule has 2 heteroatoms. The van der Waals surface area contributed by atoms with Crippen LogP contribution in [0.5, 0.6) is 0 Å². The number of para-hydroxylation sites is 2. The lowest BCUT2D eigenvalue weighted by molar-refractivity contribution is 0.908. The summed E-state index contributed by atoms with van der Waals surface area (Å²) < 4.78 is 115. The zero-order valence-corrected chi connectivity index (χ0v) is 21.6. The van der Waals surface area contributed by atoms with Crippen molar-refractivity contribution >= 4 is 43.4 Å². The number of aromatic nitrogens is 2. The van der Waals surface area contributed by atoms with Gasteiger partial charge in [0.2, 0.25) is 0 Å². The van der Waals surface area contributed by atoms with Crippen LogP contribution in [0, 0.1) is 0 Å². The highest BCUT2D eigenvalue weighted by molar-refractivity contribution is 6.23. The Balaban J connectivity index is 1.59. The van der Waals surface area contributed by atoms with Crippen LogP contribution in [-0.2, 0) is 6.37 Å². The minimum absolute atomic E-state index is 0.0205. The van der Waals surface area contributed by atoms with E-state index < -0.39 is 61.6 Å². The van der Waals surface area contributed by atoms with Gasteiger partial charge in [-0.1, -0.05) is 122 Å². The lowest BCUT2D eigenvalue weighted by Gasteiger charge is -2.19. The van der Waals surface area contributed by atoms with Crippen molar-refractivity contribution in [2.24, 2.45) is 0 Å². The Kier molecular flexibility index (Phi) is 3.21. The molecule has 0 atom stereocenters. The molecule has 0 aliphatic heterocycles. The molecule has 0 aliphatic rings. The second-order valence-electron chi connectivity index (χ2n) is 9.71. The molecule has 0 bridgehead atoms. The average molecular weight is 538 g/mol. The minimum atomic E-state index is -3.10. The van der Waals surface area contributed by atoms with Gasteiger partial charge in [0.15, 0.2) is 0 Å². The molecule has 0 amide bonds. The molecular weight excluding hydrogens is 496 g/mol. The first-order valence-electron chi connectivity index (χ1n) is 19.6. The van der Waals surface area contributed by atoms with Crippen LogP contribution in [0.2, 0.25) is 0 Å². The predicted octanol–water partition coefficient (Wildman–Crippen LogP) is 10.4. The van der Waals surface area contributed by atoms with E-state index in [1.165, 1.54) is 4.57 Å². The fraction of sp³-hybridized carbons (Fsp3) is 0.0513. The van der Waals surface area contributed by atoms with Gasteiger partial charge in [-0.2, -0.15) is 0 Å². The second kappa shape index (κ2) is 9.46. The SMILES string of the molecule is [2H]c1c([2H])c([2H])c2c(-c3cccc4ccccc34)c3c([2H])c([2H])c([2H])c([2H])c3c(-c3cccc(-n4c(C([2H])([2H])C([2H])([2H])[2H])nc5ccccc54)c3)c2c1[2H]. The van der Waals surface area contributed by atoms with Crippen LogP contribution in [0.3, 0.4) is 0 Å². The third kappa shape index (κ3) is 3.68. The Morgan fingerprint density at radius 1 is 0.683 bits per heavy atom. The number of rotatable bonds is 4. The highest BCUT2D eigenvalue weighted by Gasteiger charge is 2.18. The molecule has 7 aromatic carbocycles. The lowest BCUT2D eigenvalue weighted by atomic mass is 9.84. The van der Waals surface area contributed by atoms with Gasteiger partial charge in [0.05, 0.1) is 22.0 Å². The van der Waals surface area contributed by atoms with E-state index in [1.54, 1.807) is 60.7 Å². The number of fused-ring (bicyclic) bond motifs is 4. The Bertz CT molecular complexity index is 2810. The zero-order valence-electron chi connectivity index (χ0n) is 34.6. The van der Waals surface area contributed by atoms with Gasteiger partial charge in [-0.3, -0.25) is 4.57 Å². The Labute approximate surface area is 257 Å². The first-order chi connectivity index (χ1) is 25.6. The topological polar surface area (TPSA) is 17.8 Å². The van der Waals surface area contributed by atoms with Gasteiger partial charge in [0.1, 0.15) is 5.82 Å². The molecule has 1 aromatic heterocycles. The first kappa shape index (κ1) is 13.9. The third-order valence-electron chi connectivity index (χ3n) is 7.50. The molecule has 0 fully saturated rings. The number of imidazole rings is 1. The molecule has 8 aromatic rings. The van der Waals surface area contributed by atoms with E-state index in [2.05, 4.69) is 4.98 Å². The molecule has 2 nitrogen and oxygen atoms in total. The maximum absolute atomic E-state index is 9.31. The summed E-state index contributed by atoms with van der Waals surface area (Å²) in [5, 5.41) is 1.68. The molecule has 0 N–H and O–H groups in total. The van der Waals surface area contributed by atoms with E-state index in [0.717, 1.165) is 5.39 Å². The van der Waals surface area contributed by atoms with Crippen molar-refractivity contribution in [1.82, 2.24) is 9.55 Å². The van der Waals surface area contributed by atoms with E-state index in [1.807, 2.05) is 30.3 Å². The molecule has 0 unspecified atom stereocenters. The van der Waals surface area contributed by atoms with Gasteiger partial charge >= 0.3 is 0 Å². The summed E-state index contributed by atoms with van der Waals surface area (Å²) in [5.74, 6) is -0.384. The molecule has 8 rings (SSSR count). The minimum Gasteiger partial charge on any atom is -0.296 e. The van der Waals surface area contributed by atoms with Crippen LogP contribution in [0.15, 0.2) is 139 Å². The van der Waals surface area contributed by atoms with Crippen molar-refractivity contribution in [2.75, 3.05) is 0 Å². The average Bonchev–Trinajstić information content (AvgIpc) is 3.56. The van der Waals surface area contributed by atoms with Crippen LogP contribution in [0.25, 0.3) is 71.3 Å². The summed E-state index contributed by atoms with van der Waals surface area (Å²) in [4.78, 5) is 4.42. The highest BCUT2D eigenvalue weighted by Crippen LogP contribution is 2.45. The molecule has 0 radical (unpaired) electrons. The van der Waals surface area contributed by atoms with E-state index >= 15 is 0 Å². The molecule has 0 saturated carbocycles. The van der Waals surface area contributed by atoms with Crippen LogP contribution in [0.4, 0.5) is 0 Å². The second-order valence-corrected chi connectivity index (χ2v) is 9.71. The molecule has 194 valence electrons. The fourth-order valence-corrected chi connectivity index (χ4v) is 5.80. The van der Waals surface area contributed by atoms with E-state index in [9.17, 15) is 5.48 Å². The Morgan fingerprint density at radius 3 is 2.12 bits per heavy atom. The van der Waals surface area contributed by atoms with Crippen molar-refractivity contribution in [3.63, 3.8) is 0 Å². The van der Waals surface area contributed by atoms with Crippen molar-refractivity contribution in [1.29, 1.82) is 0 Å². The van der Waals surface area contributed by atoms with Gasteiger partial charge in [0.25, 0.3) is 0 Å². The van der Waals surface area contributed by atoms with Gasteiger partial charge < -0.3 is 0 Å². The summed E-state index contributed by atoms with van der Waals surface area (Å²) in [6.45, 7) is -3.10. The molecule has 1 heterocycles. The van der Waals surface area contributed by atoms with Crippen LogP contribution in [-0.4, -0.2) is 9.55 Å². The number of aryl methyl sites for hydroxylation is 1. The quantitative estimate of drug-likeness (QED) is 0.204. The first-order valence-corrected chi connectivity index (χ1v) is 13.1. The molecule has 41 heavy (non-hydrogen) atoms. The predicted molar refractivity (Wildman–Crippen MR) is 174 cm³/mol. The van der Waals surface area contributed by atoms with Gasteiger partial charge in [-0.05, 0) is 78.8 Å². The normalized spacial score (nSPS) is 16.8. The molecule has 0 spiro atoms. The van der Waals surface area contributed by atoms with Crippen molar-refractivity contribution in [3.8, 4) is 27.9 Å². The van der Waals surface area contributed by atoms with E-state index in [-0.39, 0.29) is 49.7 Å². The maximum atomic E-state index is 9.31. The van der Waals surface area contributed by atoms with Crippen LogP contribution in [0.1, 0.15) is 30.5 Å². The van der Waals surface area contributed by atoms with Crippen molar-refractivity contribution < 1.29 is 17.8 Å². The van der Waals surface area contributed by atoms with Crippen LogP contribution < -0.4 is 0 Å². The monoisotopic (exact) mass is 537 g/mol. The van der Waals surface area contributed by atoms with Crippen LogP contribution >= 0.6 is 0 Å². The van der Waals surface area contributed by atoms with Gasteiger partial charge in [-0.15, -0.1) is 0 Å². The lowest BCUT2D eigenvalue weighted by Crippen LogP contribution is -2.00. The Morgan fingerprint density at radius 2 is 1.34 bits per heavy atom. The number of nitrogens with zero attached hydrogens (tertiary/aromatic N) is 2. The summed E-state index contributed by atoms with van der Waals surface area (Å²) in [7, 11) is 0. The number of hydrogen-bond acceptors (Lipinski definition) is 1. The van der Waals surface area contributed by atoms with Crippen molar-refractivity contribution in [3.05, 3.63) is 145 Å². The van der Waals surface area contributed by atoms with E-state index in [0.29, 0.717) is 22.0 Å². The molecule has 0 aliphatic carbocycles. The summed E-state index contributed by atoms with van der Waals surface area (Å²) in [5.41, 5.74) is 2.14. The zero-order chi connectivity index (χ0) is 38.6. The standard InChI is InChI=1S/C39H28N2/c1-2-37-40-35-23-9-10-24-36(35)41(37)28-16-11-15-27(25-28)38-31-18-5-7-20-33(31)39(34-21-8-6-19-32(34)38)30-22-12-14-26-13-3-4-17-29(26)30/h3-25H,2H2,1H3/i1D3,2D2,5D,6D,7D,8D,18D,19D,20D,21D. The van der Waals surface area contributed by atoms with Crippen molar-refractivity contribution in [2.45, 2.75) is 13.2 Å². The molecular formula is C39H28N2.